The van der Waals surface area contributed by atoms with Crippen LogP contribution in [-0.2, 0) is 11.2 Å². The number of ether oxygens (including phenoxy) is 2. The molecule has 4 rings (SSSR count). The normalized spacial score (nSPS) is 17.9. The van der Waals surface area contributed by atoms with Crippen molar-refractivity contribution in [3.8, 4) is 11.5 Å². The summed E-state index contributed by atoms with van der Waals surface area (Å²) in [6.45, 7) is 0.998. The molecule has 1 saturated carbocycles. The van der Waals surface area contributed by atoms with Crippen molar-refractivity contribution in [2.24, 2.45) is 5.92 Å². The van der Waals surface area contributed by atoms with E-state index in [2.05, 4.69) is 22.8 Å². The Morgan fingerprint density at radius 1 is 1.27 bits per heavy atom. The number of fused-ring (bicyclic) bond motifs is 1. The number of benzene rings is 1. The number of halogens is 1. The zero-order valence-electron chi connectivity index (χ0n) is 14.5. The fourth-order valence-electron chi connectivity index (χ4n) is 3.86. The van der Waals surface area contributed by atoms with Gasteiger partial charge in [-0.05, 0) is 47.9 Å². The first-order valence-corrected chi connectivity index (χ1v) is 10.4. The summed E-state index contributed by atoms with van der Waals surface area (Å²) in [6, 6.07) is 7.93. The van der Waals surface area contributed by atoms with E-state index in [1.807, 2.05) is 6.07 Å². The highest BCUT2D eigenvalue weighted by atomic mass is 35.5. The zero-order chi connectivity index (χ0) is 17.9. The zero-order valence-corrected chi connectivity index (χ0v) is 16.1. The summed E-state index contributed by atoms with van der Waals surface area (Å²) in [6.07, 6.45) is 5.14. The maximum atomic E-state index is 12.7. The Bertz CT molecular complexity index is 772. The van der Waals surface area contributed by atoms with Crippen LogP contribution >= 0.6 is 22.9 Å². The molecule has 2 aliphatic rings. The van der Waals surface area contributed by atoms with Crippen molar-refractivity contribution in [1.82, 2.24) is 5.32 Å². The van der Waals surface area contributed by atoms with Gasteiger partial charge in [-0.3, -0.25) is 4.79 Å². The van der Waals surface area contributed by atoms with Crippen LogP contribution in [0.2, 0.25) is 5.02 Å². The van der Waals surface area contributed by atoms with E-state index in [1.165, 1.54) is 30.6 Å². The highest BCUT2D eigenvalue weighted by Gasteiger charge is 2.28. The van der Waals surface area contributed by atoms with Crippen molar-refractivity contribution in [2.45, 2.75) is 38.1 Å². The van der Waals surface area contributed by atoms with Gasteiger partial charge in [0.1, 0.15) is 13.2 Å². The summed E-state index contributed by atoms with van der Waals surface area (Å²) in [4.78, 5) is 14.0. The van der Waals surface area contributed by atoms with Gasteiger partial charge < -0.3 is 14.8 Å². The first-order chi connectivity index (χ1) is 12.7. The van der Waals surface area contributed by atoms with E-state index >= 15 is 0 Å². The van der Waals surface area contributed by atoms with Crippen LogP contribution in [0, 0.1) is 5.92 Å². The number of carbonyl (C=O) groups excluding carboxylic acids is 1. The number of carbonyl (C=O) groups is 1. The van der Waals surface area contributed by atoms with Crippen LogP contribution in [0.3, 0.4) is 0 Å². The molecule has 0 radical (unpaired) electrons. The largest absolute Gasteiger partial charge is 0.486 e. The van der Waals surface area contributed by atoms with Gasteiger partial charge >= 0.3 is 0 Å². The van der Waals surface area contributed by atoms with Gasteiger partial charge in [-0.1, -0.05) is 30.5 Å². The second kappa shape index (κ2) is 7.89. The van der Waals surface area contributed by atoms with E-state index in [0.717, 1.165) is 5.56 Å². The van der Waals surface area contributed by atoms with Gasteiger partial charge in [0.05, 0.1) is 17.5 Å². The summed E-state index contributed by atoms with van der Waals surface area (Å²) >= 11 is 8.00. The van der Waals surface area contributed by atoms with Crippen molar-refractivity contribution in [1.29, 1.82) is 0 Å². The van der Waals surface area contributed by atoms with E-state index in [4.69, 9.17) is 21.1 Å². The summed E-state index contributed by atoms with van der Waals surface area (Å²) in [7, 11) is 0. The minimum absolute atomic E-state index is 0.0167. The summed E-state index contributed by atoms with van der Waals surface area (Å²) in [5.41, 5.74) is 0.841. The van der Waals surface area contributed by atoms with E-state index < -0.39 is 0 Å². The van der Waals surface area contributed by atoms with Gasteiger partial charge in [0.15, 0.2) is 11.5 Å². The molecule has 1 atom stereocenters. The Balaban J connectivity index is 1.48. The topological polar surface area (TPSA) is 47.6 Å². The number of thiophene rings is 1. The van der Waals surface area contributed by atoms with Gasteiger partial charge in [0.2, 0.25) is 5.91 Å². The van der Waals surface area contributed by atoms with Crippen molar-refractivity contribution < 1.29 is 14.3 Å². The Hall–Kier alpha value is -1.72. The van der Waals surface area contributed by atoms with Gasteiger partial charge in [0, 0.05) is 4.88 Å². The van der Waals surface area contributed by atoms with E-state index in [0.29, 0.717) is 35.7 Å². The van der Waals surface area contributed by atoms with E-state index in [1.54, 1.807) is 17.4 Å². The summed E-state index contributed by atoms with van der Waals surface area (Å²) in [5, 5.41) is 5.84. The van der Waals surface area contributed by atoms with Crippen molar-refractivity contribution >= 4 is 28.8 Å². The molecule has 0 bridgehead atoms. The quantitative estimate of drug-likeness (QED) is 0.799. The highest BCUT2D eigenvalue weighted by molar-refractivity contribution is 7.10. The van der Waals surface area contributed by atoms with Crippen LogP contribution in [0.15, 0.2) is 29.6 Å². The average molecular weight is 392 g/mol. The molecule has 1 aliphatic carbocycles. The number of amides is 1. The van der Waals surface area contributed by atoms with Gasteiger partial charge in [0.25, 0.3) is 0 Å². The second-order valence-corrected chi connectivity index (χ2v) is 8.27. The molecule has 138 valence electrons. The lowest BCUT2D eigenvalue weighted by Crippen LogP contribution is -2.33. The molecular weight excluding hydrogens is 370 g/mol. The van der Waals surface area contributed by atoms with Gasteiger partial charge in [-0.2, -0.15) is 0 Å². The van der Waals surface area contributed by atoms with Crippen LogP contribution in [0.1, 0.15) is 42.2 Å². The molecule has 2 aromatic rings. The smallest absolute Gasteiger partial charge is 0.224 e. The molecule has 0 saturated heterocycles. The van der Waals surface area contributed by atoms with Crippen LogP contribution in [-0.4, -0.2) is 19.1 Å². The molecule has 1 aliphatic heterocycles. The summed E-state index contributed by atoms with van der Waals surface area (Å²) < 4.78 is 11.1. The molecule has 1 N–H and O–H groups in total. The molecule has 2 heterocycles. The molecule has 1 amide bonds. The van der Waals surface area contributed by atoms with Crippen molar-refractivity contribution in [3.63, 3.8) is 0 Å². The lowest BCUT2D eigenvalue weighted by molar-refractivity contribution is -0.121. The van der Waals surface area contributed by atoms with E-state index in [-0.39, 0.29) is 18.4 Å². The fraction of sp³-hybridized carbons (Fsp3) is 0.450. The van der Waals surface area contributed by atoms with Crippen LogP contribution in [0.5, 0.6) is 11.5 Å². The Kier molecular flexibility index (Phi) is 5.36. The third kappa shape index (κ3) is 3.84. The number of nitrogens with one attached hydrogen (secondary N) is 1. The third-order valence-electron chi connectivity index (χ3n) is 5.06. The van der Waals surface area contributed by atoms with Crippen LogP contribution in [0.25, 0.3) is 0 Å². The lowest BCUT2D eigenvalue weighted by atomic mass is 9.96. The maximum Gasteiger partial charge on any atom is 0.224 e. The Morgan fingerprint density at radius 3 is 2.85 bits per heavy atom. The van der Waals surface area contributed by atoms with Crippen LogP contribution < -0.4 is 14.8 Å². The first-order valence-electron chi connectivity index (χ1n) is 9.11. The second-order valence-electron chi connectivity index (χ2n) is 6.88. The predicted octanol–water partition coefficient (Wildman–Crippen LogP) is 4.76. The molecule has 6 heteroatoms. The van der Waals surface area contributed by atoms with E-state index in [9.17, 15) is 4.79 Å². The average Bonchev–Trinajstić information content (AvgIpc) is 3.34. The van der Waals surface area contributed by atoms with Crippen LogP contribution in [0.4, 0.5) is 0 Å². The monoisotopic (exact) mass is 391 g/mol. The van der Waals surface area contributed by atoms with Gasteiger partial charge in [-0.15, -0.1) is 11.3 Å². The molecule has 1 aromatic carbocycles. The molecule has 0 spiro atoms. The molecule has 1 fully saturated rings. The molecule has 26 heavy (non-hydrogen) atoms. The van der Waals surface area contributed by atoms with Gasteiger partial charge in [-0.25, -0.2) is 0 Å². The van der Waals surface area contributed by atoms with Crippen molar-refractivity contribution in [2.75, 3.05) is 13.2 Å². The number of rotatable bonds is 5. The molecule has 4 nitrogen and oxygen atoms in total. The Labute approximate surface area is 162 Å². The summed E-state index contributed by atoms with van der Waals surface area (Å²) in [5.74, 6) is 1.74. The highest BCUT2D eigenvalue weighted by Crippen LogP contribution is 2.39. The fourth-order valence-corrected chi connectivity index (χ4v) is 5.01. The number of hydrogen-bond acceptors (Lipinski definition) is 4. The first kappa shape index (κ1) is 17.7. The Morgan fingerprint density at radius 2 is 2.08 bits per heavy atom. The number of hydrogen-bond donors (Lipinski definition) is 1. The minimum Gasteiger partial charge on any atom is -0.486 e. The molecule has 1 unspecified atom stereocenters. The SMILES string of the molecule is O=C(Cc1cc(Cl)c2c(c1)OCCO2)NC(c1cccs1)C1CCCC1. The maximum absolute atomic E-state index is 12.7. The standard InChI is InChI=1S/C20H22ClNO3S/c21-15-10-13(11-16-20(15)25-8-7-24-16)12-18(23)22-19(14-4-1-2-5-14)17-6-3-9-26-17/h3,6,9-11,14,19H,1-2,4-5,7-8,12H2,(H,22,23). The van der Waals surface area contributed by atoms with Crippen molar-refractivity contribution in [3.05, 3.63) is 45.1 Å². The molecular formula is C20H22ClNO3S. The molecule has 1 aromatic heterocycles. The predicted molar refractivity (Wildman–Crippen MR) is 103 cm³/mol. The minimum atomic E-state index is 0.0167. The lowest BCUT2D eigenvalue weighted by Gasteiger charge is -2.24. The third-order valence-corrected chi connectivity index (χ3v) is 6.29.